The summed E-state index contributed by atoms with van der Waals surface area (Å²) in [4.78, 5) is 25.7. The Kier molecular flexibility index (Phi) is 5.85. The first-order valence-electron chi connectivity index (χ1n) is 8.38. The molecule has 0 unspecified atom stereocenters. The minimum absolute atomic E-state index is 0.00268. The summed E-state index contributed by atoms with van der Waals surface area (Å²) in [5.41, 5.74) is -0.698. The average molecular weight is 448 g/mol. The van der Waals surface area contributed by atoms with Gasteiger partial charge in [0.05, 0.1) is 5.69 Å². The zero-order chi connectivity index (χ0) is 22.1. The van der Waals surface area contributed by atoms with E-state index in [1.165, 1.54) is 48.7 Å². The van der Waals surface area contributed by atoms with Crippen LogP contribution in [0.15, 0.2) is 65.7 Å². The van der Waals surface area contributed by atoms with Crippen LogP contribution in [-0.2, 0) is 19.6 Å². The lowest BCUT2D eigenvalue weighted by molar-refractivity contribution is -0.128. The van der Waals surface area contributed by atoms with Crippen LogP contribution in [0.2, 0.25) is 0 Å². The molecule has 1 saturated heterocycles. The first kappa shape index (κ1) is 21.4. The molecule has 0 aliphatic carbocycles. The van der Waals surface area contributed by atoms with Gasteiger partial charge in [0.2, 0.25) is 0 Å². The van der Waals surface area contributed by atoms with Crippen LogP contribution in [0.1, 0.15) is 5.69 Å². The zero-order valence-corrected chi connectivity index (χ0v) is 16.9. The largest absolute Gasteiger partial charge is 0.298 e. The summed E-state index contributed by atoms with van der Waals surface area (Å²) in [5.74, 6) is -1.47. The summed E-state index contributed by atoms with van der Waals surface area (Å²) in [6.45, 7) is 3.59. The predicted molar refractivity (Wildman–Crippen MR) is 110 cm³/mol. The lowest BCUT2D eigenvalue weighted by atomic mass is 10.1. The highest BCUT2D eigenvalue weighted by molar-refractivity contribution is 7.90. The number of carbonyl (C=O) groups is 2. The summed E-state index contributed by atoms with van der Waals surface area (Å²) in [7, 11) is -4.31. The van der Waals surface area contributed by atoms with Crippen molar-refractivity contribution in [2.45, 2.75) is 4.90 Å². The molecule has 0 saturated carbocycles. The van der Waals surface area contributed by atoms with Crippen molar-refractivity contribution in [3.8, 4) is 0 Å². The van der Waals surface area contributed by atoms with E-state index in [4.69, 9.17) is 12.2 Å². The Morgan fingerprint density at radius 1 is 1.17 bits per heavy atom. The molecule has 1 fully saturated rings. The Bertz CT molecular complexity index is 1180. The van der Waals surface area contributed by atoms with Crippen molar-refractivity contribution in [2.24, 2.45) is 0 Å². The quantitative estimate of drug-likeness (QED) is 0.197. The van der Waals surface area contributed by atoms with E-state index < -0.39 is 26.7 Å². The standard InChI is InChI=1S/C18H16N4O6S2/c1-2-9-20-17(24)13(16(23)19-18(20)29)11-12-6-5-10-21(12)30(27,28)15-8-4-3-7-14(15)22(25)26/h2-8,10-11,25-26H,1,9H2,(H,19,23,29). The SMILES string of the molecule is C=CCN1C(=O)C(=Cc2cccn2S(=O)(=O)c2ccccc2N(O)O)C(=O)NC1=S. The molecule has 10 nitrogen and oxygen atoms in total. The van der Waals surface area contributed by atoms with Gasteiger partial charge in [-0.2, -0.15) is 0 Å². The summed E-state index contributed by atoms with van der Waals surface area (Å²) in [5, 5.41) is 20.7. The number of rotatable bonds is 6. The van der Waals surface area contributed by atoms with Crippen LogP contribution in [0.5, 0.6) is 0 Å². The number of nitrogens with one attached hydrogen (secondary N) is 1. The Labute approximate surface area is 176 Å². The number of thiocarbonyl (C=S) groups is 1. The van der Waals surface area contributed by atoms with E-state index in [1.54, 1.807) is 0 Å². The number of aromatic nitrogens is 1. The monoisotopic (exact) mass is 448 g/mol. The van der Waals surface area contributed by atoms with E-state index in [0.717, 1.165) is 14.9 Å². The second-order valence-electron chi connectivity index (χ2n) is 6.01. The van der Waals surface area contributed by atoms with Crippen LogP contribution in [0.4, 0.5) is 5.69 Å². The first-order valence-corrected chi connectivity index (χ1v) is 10.2. The van der Waals surface area contributed by atoms with E-state index in [0.29, 0.717) is 0 Å². The summed E-state index contributed by atoms with van der Waals surface area (Å²) < 4.78 is 27.1. The van der Waals surface area contributed by atoms with Gasteiger partial charge in [-0.3, -0.25) is 30.2 Å². The minimum atomic E-state index is -4.31. The number of para-hydroxylation sites is 1. The van der Waals surface area contributed by atoms with Gasteiger partial charge in [0.15, 0.2) is 5.11 Å². The fourth-order valence-electron chi connectivity index (χ4n) is 2.79. The topological polar surface area (TPSA) is 132 Å². The maximum atomic E-state index is 13.1. The molecule has 0 spiro atoms. The Morgan fingerprint density at radius 3 is 2.53 bits per heavy atom. The van der Waals surface area contributed by atoms with Gasteiger partial charge in [0.1, 0.15) is 16.2 Å². The molecule has 1 aliphatic rings. The highest BCUT2D eigenvalue weighted by atomic mass is 32.2. The lowest BCUT2D eigenvalue weighted by Gasteiger charge is -2.27. The molecule has 1 aromatic carbocycles. The van der Waals surface area contributed by atoms with Crippen molar-refractivity contribution in [3.05, 3.63) is 66.5 Å². The fourth-order valence-corrected chi connectivity index (χ4v) is 4.54. The third-order valence-corrected chi connectivity index (χ3v) is 6.22. The zero-order valence-electron chi connectivity index (χ0n) is 15.3. The van der Waals surface area contributed by atoms with Gasteiger partial charge in [-0.25, -0.2) is 12.4 Å². The number of hydrogen-bond acceptors (Lipinski definition) is 8. The van der Waals surface area contributed by atoms with Gasteiger partial charge in [-0.15, -0.1) is 11.8 Å². The molecule has 2 amide bonds. The van der Waals surface area contributed by atoms with Crippen LogP contribution >= 0.6 is 12.2 Å². The molecule has 0 radical (unpaired) electrons. The van der Waals surface area contributed by atoms with Crippen LogP contribution < -0.4 is 10.5 Å². The minimum Gasteiger partial charge on any atom is -0.298 e. The van der Waals surface area contributed by atoms with Crippen molar-refractivity contribution in [1.29, 1.82) is 0 Å². The van der Waals surface area contributed by atoms with Gasteiger partial charge in [-0.1, -0.05) is 18.2 Å². The molecule has 12 heteroatoms. The third kappa shape index (κ3) is 3.76. The molecule has 156 valence electrons. The van der Waals surface area contributed by atoms with Crippen LogP contribution in [0, 0.1) is 0 Å². The van der Waals surface area contributed by atoms with Crippen LogP contribution in [0.25, 0.3) is 6.08 Å². The molecular weight excluding hydrogens is 432 g/mol. The number of amides is 2. The second-order valence-corrected chi connectivity index (χ2v) is 8.18. The molecule has 1 aromatic heterocycles. The van der Waals surface area contributed by atoms with Crippen molar-refractivity contribution in [1.82, 2.24) is 14.2 Å². The molecule has 1 aliphatic heterocycles. The predicted octanol–water partition coefficient (Wildman–Crippen LogP) is 1.12. The van der Waals surface area contributed by atoms with Gasteiger partial charge < -0.3 is 0 Å². The van der Waals surface area contributed by atoms with E-state index >= 15 is 0 Å². The average Bonchev–Trinajstić information content (AvgIpc) is 3.17. The second kappa shape index (κ2) is 8.20. The highest BCUT2D eigenvalue weighted by Gasteiger charge is 2.33. The van der Waals surface area contributed by atoms with Crippen molar-refractivity contribution in [2.75, 3.05) is 11.8 Å². The van der Waals surface area contributed by atoms with Gasteiger partial charge >= 0.3 is 0 Å². The fraction of sp³-hybridized carbons (Fsp3) is 0.0556. The molecule has 30 heavy (non-hydrogen) atoms. The normalized spacial score (nSPS) is 16.0. The molecular formula is C18H16N4O6S2. The van der Waals surface area contributed by atoms with E-state index in [9.17, 15) is 28.4 Å². The lowest BCUT2D eigenvalue weighted by Crippen LogP contribution is -2.53. The van der Waals surface area contributed by atoms with Crippen LogP contribution in [-0.4, -0.2) is 51.2 Å². The number of carbonyl (C=O) groups excluding carboxylic acids is 2. The molecule has 3 rings (SSSR count). The highest BCUT2D eigenvalue weighted by Crippen LogP contribution is 2.27. The van der Waals surface area contributed by atoms with Gasteiger partial charge in [-0.05, 0) is 42.6 Å². The van der Waals surface area contributed by atoms with E-state index in [-0.39, 0.29) is 33.8 Å². The molecule has 0 atom stereocenters. The number of nitrogens with zero attached hydrogens (tertiary/aromatic N) is 3. The third-order valence-electron chi connectivity index (χ3n) is 4.15. The summed E-state index contributed by atoms with van der Waals surface area (Å²) in [6, 6.07) is 8.00. The Balaban J connectivity index is 2.10. The maximum Gasteiger partial charge on any atom is 0.270 e. The Hall–Kier alpha value is -3.32. The van der Waals surface area contributed by atoms with E-state index in [2.05, 4.69) is 11.9 Å². The van der Waals surface area contributed by atoms with Crippen molar-refractivity contribution < 1.29 is 28.4 Å². The Morgan fingerprint density at radius 2 is 1.87 bits per heavy atom. The van der Waals surface area contributed by atoms with Gasteiger partial charge in [0, 0.05) is 12.7 Å². The first-order chi connectivity index (χ1) is 14.2. The smallest absolute Gasteiger partial charge is 0.270 e. The van der Waals surface area contributed by atoms with Gasteiger partial charge in [0.25, 0.3) is 21.8 Å². The summed E-state index contributed by atoms with van der Waals surface area (Å²) >= 11 is 4.98. The number of anilines is 1. The molecule has 3 N–H and O–H groups in total. The van der Waals surface area contributed by atoms with E-state index in [1.807, 2.05) is 0 Å². The summed E-state index contributed by atoms with van der Waals surface area (Å²) in [6.07, 6.45) is 3.75. The molecule has 2 aromatic rings. The van der Waals surface area contributed by atoms with Crippen molar-refractivity contribution >= 4 is 50.9 Å². The maximum absolute atomic E-state index is 13.1. The molecule has 2 heterocycles. The number of hydrogen-bond donors (Lipinski definition) is 3. The molecule has 0 bridgehead atoms. The van der Waals surface area contributed by atoms with Crippen LogP contribution in [0.3, 0.4) is 0 Å². The van der Waals surface area contributed by atoms with Crippen molar-refractivity contribution in [3.63, 3.8) is 0 Å². The number of benzene rings is 1.